The first-order chi connectivity index (χ1) is 11.4. The number of rotatable bonds is 6. The molecule has 0 bridgehead atoms. The minimum Gasteiger partial charge on any atom is -0.489 e. The fraction of sp³-hybridized carbons (Fsp3) is 0.529. The molecule has 1 aliphatic carbocycles. The molecule has 24 heavy (non-hydrogen) atoms. The number of carbonyl (C=O) groups excluding carboxylic acids is 1. The van der Waals surface area contributed by atoms with E-state index in [1.165, 1.54) is 0 Å². The van der Waals surface area contributed by atoms with Gasteiger partial charge in [0.25, 0.3) is 0 Å². The van der Waals surface area contributed by atoms with Gasteiger partial charge in [-0.15, -0.1) is 0 Å². The third kappa shape index (κ3) is 6.03. The number of hydrogen-bond acceptors (Lipinski definition) is 3. The standard InChI is InChI=1S/C17H23BrN2O4/c1-11(24-15-4-2-3-13(18)9-15)10-19-17(23)20-14-7-5-12(6-8-14)16(21)22/h2-4,9,11-12,14H,5-8,10H2,1H3,(H,21,22)(H2,19,20,23). The second-order valence-corrected chi connectivity index (χ2v) is 7.04. The number of carbonyl (C=O) groups is 2. The van der Waals surface area contributed by atoms with E-state index in [9.17, 15) is 9.59 Å². The van der Waals surface area contributed by atoms with Crippen molar-refractivity contribution in [3.05, 3.63) is 28.7 Å². The van der Waals surface area contributed by atoms with Crippen LogP contribution in [0.25, 0.3) is 0 Å². The van der Waals surface area contributed by atoms with Gasteiger partial charge in [0, 0.05) is 10.5 Å². The number of benzene rings is 1. The molecule has 1 aliphatic rings. The summed E-state index contributed by atoms with van der Waals surface area (Å²) in [5, 5.41) is 14.7. The van der Waals surface area contributed by atoms with Crippen molar-refractivity contribution in [2.45, 2.75) is 44.8 Å². The second kappa shape index (κ2) is 8.92. The van der Waals surface area contributed by atoms with Crippen LogP contribution in [0.4, 0.5) is 4.79 Å². The van der Waals surface area contributed by atoms with Crippen LogP contribution >= 0.6 is 15.9 Å². The molecule has 0 radical (unpaired) electrons. The zero-order chi connectivity index (χ0) is 17.5. The zero-order valence-corrected chi connectivity index (χ0v) is 15.2. The van der Waals surface area contributed by atoms with Crippen molar-refractivity contribution in [2.24, 2.45) is 5.92 Å². The molecule has 2 rings (SSSR count). The van der Waals surface area contributed by atoms with Gasteiger partial charge in [0.15, 0.2) is 0 Å². The zero-order valence-electron chi connectivity index (χ0n) is 13.6. The van der Waals surface area contributed by atoms with Crippen LogP contribution in [0.5, 0.6) is 5.75 Å². The largest absolute Gasteiger partial charge is 0.489 e. The average molecular weight is 399 g/mol. The summed E-state index contributed by atoms with van der Waals surface area (Å²) in [4.78, 5) is 22.9. The lowest BCUT2D eigenvalue weighted by Gasteiger charge is -2.27. The summed E-state index contributed by atoms with van der Waals surface area (Å²) in [5.74, 6) is -0.271. The number of ether oxygens (including phenoxy) is 1. The number of nitrogens with one attached hydrogen (secondary N) is 2. The van der Waals surface area contributed by atoms with Crippen molar-refractivity contribution in [1.82, 2.24) is 10.6 Å². The Morgan fingerprint density at radius 2 is 2.04 bits per heavy atom. The lowest BCUT2D eigenvalue weighted by molar-refractivity contribution is -0.142. The van der Waals surface area contributed by atoms with E-state index >= 15 is 0 Å². The molecule has 0 aromatic heterocycles. The molecule has 1 saturated carbocycles. The Morgan fingerprint density at radius 1 is 1.33 bits per heavy atom. The molecule has 1 unspecified atom stereocenters. The van der Waals surface area contributed by atoms with E-state index in [0.29, 0.717) is 32.2 Å². The molecule has 0 heterocycles. The Labute approximate surface area is 150 Å². The van der Waals surface area contributed by atoms with Crippen molar-refractivity contribution in [1.29, 1.82) is 0 Å². The van der Waals surface area contributed by atoms with Crippen molar-refractivity contribution in [3.8, 4) is 5.75 Å². The average Bonchev–Trinajstić information content (AvgIpc) is 2.53. The molecule has 132 valence electrons. The summed E-state index contributed by atoms with van der Waals surface area (Å²) in [5.41, 5.74) is 0. The van der Waals surface area contributed by atoms with Crippen molar-refractivity contribution in [3.63, 3.8) is 0 Å². The molecule has 0 aliphatic heterocycles. The van der Waals surface area contributed by atoms with E-state index in [1.54, 1.807) is 0 Å². The number of amides is 2. The maximum absolute atomic E-state index is 11.9. The van der Waals surface area contributed by atoms with Gasteiger partial charge in [-0.05, 0) is 50.8 Å². The van der Waals surface area contributed by atoms with Gasteiger partial charge in [-0.2, -0.15) is 0 Å². The van der Waals surface area contributed by atoms with E-state index in [4.69, 9.17) is 9.84 Å². The summed E-state index contributed by atoms with van der Waals surface area (Å²) in [6.07, 6.45) is 2.47. The molecule has 2 amide bonds. The van der Waals surface area contributed by atoms with Gasteiger partial charge in [-0.1, -0.05) is 22.0 Å². The lowest BCUT2D eigenvalue weighted by atomic mass is 9.86. The van der Waals surface area contributed by atoms with E-state index in [1.807, 2.05) is 31.2 Å². The summed E-state index contributed by atoms with van der Waals surface area (Å²) >= 11 is 3.39. The molecule has 1 fully saturated rings. The van der Waals surface area contributed by atoms with E-state index in [0.717, 1.165) is 10.2 Å². The van der Waals surface area contributed by atoms with Gasteiger partial charge in [0.1, 0.15) is 11.9 Å². The van der Waals surface area contributed by atoms with Gasteiger partial charge in [0.2, 0.25) is 0 Å². The summed E-state index contributed by atoms with van der Waals surface area (Å²) in [6, 6.07) is 7.35. The van der Waals surface area contributed by atoms with Crippen molar-refractivity contribution >= 4 is 27.9 Å². The van der Waals surface area contributed by atoms with Crippen LogP contribution in [0.3, 0.4) is 0 Å². The van der Waals surface area contributed by atoms with Gasteiger partial charge >= 0.3 is 12.0 Å². The molecule has 1 aromatic carbocycles. The molecule has 0 saturated heterocycles. The van der Waals surface area contributed by atoms with E-state index < -0.39 is 5.97 Å². The number of carboxylic acid groups (broad SMARTS) is 1. The van der Waals surface area contributed by atoms with Gasteiger partial charge in [-0.3, -0.25) is 4.79 Å². The van der Waals surface area contributed by atoms with Gasteiger partial charge in [0.05, 0.1) is 12.5 Å². The third-order valence-electron chi connectivity index (χ3n) is 4.10. The number of aliphatic carboxylic acids is 1. The number of carboxylic acids is 1. The van der Waals surface area contributed by atoms with Crippen LogP contribution in [0.1, 0.15) is 32.6 Å². The smallest absolute Gasteiger partial charge is 0.315 e. The fourth-order valence-corrected chi connectivity index (χ4v) is 3.15. The Balaban J connectivity index is 1.67. The highest BCUT2D eigenvalue weighted by Gasteiger charge is 2.26. The van der Waals surface area contributed by atoms with Gasteiger partial charge < -0.3 is 20.5 Å². The van der Waals surface area contributed by atoms with Crippen LogP contribution in [-0.2, 0) is 4.79 Å². The minimum absolute atomic E-state index is 0.0434. The fourth-order valence-electron chi connectivity index (χ4n) is 2.77. The third-order valence-corrected chi connectivity index (χ3v) is 4.59. The van der Waals surface area contributed by atoms with Crippen molar-refractivity contribution in [2.75, 3.05) is 6.54 Å². The number of halogens is 1. The molecule has 1 atom stereocenters. The second-order valence-electron chi connectivity index (χ2n) is 6.13. The quantitative estimate of drug-likeness (QED) is 0.686. The predicted molar refractivity (Wildman–Crippen MR) is 94.1 cm³/mol. The molecule has 3 N–H and O–H groups in total. The SMILES string of the molecule is CC(CNC(=O)NC1CCC(C(=O)O)CC1)Oc1cccc(Br)c1. The summed E-state index contributed by atoms with van der Waals surface area (Å²) in [7, 11) is 0. The van der Waals surface area contributed by atoms with Crippen LogP contribution in [-0.4, -0.2) is 35.8 Å². The Kier molecular flexibility index (Phi) is 6.90. The highest BCUT2D eigenvalue weighted by atomic mass is 79.9. The van der Waals surface area contributed by atoms with Crippen LogP contribution in [0.15, 0.2) is 28.7 Å². The van der Waals surface area contributed by atoms with E-state index in [2.05, 4.69) is 26.6 Å². The first-order valence-corrected chi connectivity index (χ1v) is 8.92. The molecule has 7 heteroatoms. The number of urea groups is 1. The topological polar surface area (TPSA) is 87.7 Å². The molecular weight excluding hydrogens is 376 g/mol. The van der Waals surface area contributed by atoms with Crippen LogP contribution in [0, 0.1) is 5.92 Å². The van der Waals surface area contributed by atoms with E-state index in [-0.39, 0.29) is 24.1 Å². The molecule has 1 aromatic rings. The highest BCUT2D eigenvalue weighted by molar-refractivity contribution is 9.10. The summed E-state index contributed by atoms with van der Waals surface area (Å²) < 4.78 is 6.68. The maximum Gasteiger partial charge on any atom is 0.315 e. The first-order valence-electron chi connectivity index (χ1n) is 8.13. The maximum atomic E-state index is 11.9. The summed E-state index contributed by atoms with van der Waals surface area (Å²) in [6.45, 7) is 2.28. The number of hydrogen-bond donors (Lipinski definition) is 3. The Morgan fingerprint density at radius 3 is 2.67 bits per heavy atom. The Bertz CT molecular complexity index is 573. The molecule has 0 spiro atoms. The highest BCUT2D eigenvalue weighted by Crippen LogP contribution is 2.24. The van der Waals surface area contributed by atoms with Crippen LogP contribution in [0.2, 0.25) is 0 Å². The molecule has 6 nitrogen and oxygen atoms in total. The van der Waals surface area contributed by atoms with Crippen LogP contribution < -0.4 is 15.4 Å². The molecular formula is C17H23BrN2O4. The Hall–Kier alpha value is -1.76. The normalized spacial score (nSPS) is 21.6. The van der Waals surface area contributed by atoms with Crippen molar-refractivity contribution < 1.29 is 19.4 Å². The lowest BCUT2D eigenvalue weighted by Crippen LogP contribution is -2.46. The monoisotopic (exact) mass is 398 g/mol. The van der Waals surface area contributed by atoms with Gasteiger partial charge in [-0.25, -0.2) is 4.79 Å². The first kappa shape index (κ1) is 18.6. The minimum atomic E-state index is -0.739. The predicted octanol–water partition coefficient (Wildman–Crippen LogP) is 3.16.